The van der Waals surface area contributed by atoms with Crippen molar-refractivity contribution in [2.75, 3.05) is 5.32 Å². The van der Waals surface area contributed by atoms with Crippen LogP contribution in [0, 0.1) is 12.8 Å². The number of hydrogen-bond acceptors (Lipinski definition) is 2. The highest BCUT2D eigenvalue weighted by Gasteiger charge is 2.47. The fraction of sp³-hybridized carbons (Fsp3) is 0.600. The Kier molecular flexibility index (Phi) is 3.44. The van der Waals surface area contributed by atoms with Crippen LogP contribution in [0.3, 0.4) is 0 Å². The van der Waals surface area contributed by atoms with Crippen molar-refractivity contribution in [2.45, 2.75) is 51.0 Å². The number of rotatable bonds is 3. The van der Waals surface area contributed by atoms with Crippen molar-refractivity contribution in [1.82, 2.24) is 10.3 Å². The van der Waals surface area contributed by atoms with Gasteiger partial charge in [-0.15, -0.1) is 0 Å². The van der Waals surface area contributed by atoms with E-state index < -0.39 is 0 Å². The maximum absolute atomic E-state index is 5.47. The molecule has 0 aromatic carbocycles. The maximum Gasteiger partial charge on any atom is 0.172 e. The van der Waals surface area contributed by atoms with E-state index in [-0.39, 0.29) is 5.54 Å². The van der Waals surface area contributed by atoms with Gasteiger partial charge in [0.15, 0.2) is 5.11 Å². The van der Waals surface area contributed by atoms with E-state index in [4.69, 9.17) is 12.2 Å². The molecule has 2 saturated carbocycles. The van der Waals surface area contributed by atoms with Crippen LogP contribution in [-0.4, -0.2) is 15.6 Å². The fourth-order valence-corrected chi connectivity index (χ4v) is 3.57. The second-order valence-electron chi connectivity index (χ2n) is 5.88. The summed E-state index contributed by atoms with van der Waals surface area (Å²) in [7, 11) is 0. The molecule has 4 heteroatoms. The van der Waals surface area contributed by atoms with E-state index in [9.17, 15) is 0 Å². The number of aryl methyl sites for hydroxylation is 1. The zero-order chi connectivity index (χ0) is 13.3. The van der Waals surface area contributed by atoms with Crippen LogP contribution in [0.25, 0.3) is 0 Å². The third kappa shape index (κ3) is 2.89. The van der Waals surface area contributed by atoms with Gasteiger partial charge in [-0.25, -0.2) is 4.98 Å². The monoisotopic (exact) mass is 275 g/mol. The minimum absolute atomic E-state index is 0.272. The summed E-state index contributed by atoms with van der Waals surface area (Å²) >= 11 is 5.47. The van der Waals surface area contributed by atoms with Crippen molar-refractivity contribution in [3.8, 4) is 0 Å². The molecule has 2 aliphatic carbocycles. The van der Waals surface area contributed by atoms with E-state index in [2.05, 4.69) is 15.6 Å². The molecule has 19 heavy (non-hydrogen) atoms. The summed E-state index contributed by atoms with van der Waals surface area (Å²) in [6.07, 6.45) is 7.90. The van der Waals surface area contributed by atoms with Crippen LogP contribution in [0.2, 0.25) is 0 Å². The normalized spacial score (nSPS) is 21.1. The van der Waals surface area contributed by atoms with Crippen molar-refractivity contribution < 1.29 is 0 Å². The van der Waals surface area contributed by atoms with Gasteiger partial charge in [0, 0.05) is 11.2 Å². The first kappa shape index (κ1) is 12.9. The molecule has 2 N–H and O–H groups in total. The van der Waals surface area contributed by atoms with Crippen LogP contribution < -0.4 is 10.6 Å². The van der Waals surface area contributed by atoms with Crippen molar-refractivity contribution in [3.63, 3.8) is 0 Å². The zero-order valence-electron chi connectivity index (χ0n) is 11.4. The zero-order valence-corrected chi connectivity index (χ0v) is 12.2. The molecule has 1 aromatic heterocycles. The van der Waals surface area contributed by atoms with Crippen LogP contribution in [-0.2, 0) is 0 Å². The van der Waals surface area contributed by atoms with Crippen LogP contribution in [0.4, 0.5) is 5.82 Å². The summed E-state index contributed by atoms with van der Waals surface area (Å²) in [4.78, 5) is 4.43. The highest BCUT2D eigenvalue weighted by molar-refractivity contribution is 7.80. The van der Waals surface area contributed by atoms with Crippen LogP contribution in [0.15, 0.2) is 18.2 Å². The lowest BCUT2D eigenvalue weighted by Crippen LogP contribution is -2.49. The topological polar surface area (TPSA) is 37.0 Å². The number of nitrogens with zero attached hydrogens (tertiary/aromatic N) is 1. The molecule has 2 aliphatic rings. The molecule has 0 atom stereocenters. The van der Waals surface area contributed by atoms with Crippen LogP contribution in [0.1, 0.15) is 44.2 Å². The van der Waals surface area contributed by atoms with E-state index in [0.717, 1.165) is 22.5 Å². The number of aromatic nitrogens is 1. The molecule has 0 spiro atoms. The third-order valence-corrected chi connectivity index (χ3v) is 4.55. The van der Waals surface area contributed by atoms with E-state index in [0.29, 0.717) is 0 Å². The number of thiocarbonyl (C=S) groups is 1. The van der Waals surface area contributed by atoms with Crippen LogP contribution >= 0.6 is 12.2 Å². The van der Waals surface area contributed by atoms with Crippen molar-refractivity contribution in [1.29, 1.82) is 0 Å². The summed E-state index contributed by atoms with van der Waals surface area (Å²) in [5.41, 5.74) is 1.28. The maximum atomic E-state index is 5.47. The van der Waals surface area contributed by atoms with Gasteiger partial charge in [0.05, 0.1) is 0 Å². The van der Waals surface area contributed by atoms with Crippen molar-refractivity contribution >= 4 is 23.1 Å². The molecule has 1 heterocycles. The van der Waals surface area contributed by atoms with E-state index in [1.54, 1.807) is 0 Å². The Morgan fingerprint density at radius 3 is 2.68 bits per heavy atom. The minimum Gasteiger partial charge on any atom is -0.357 e. The molecular weight excluding hydrogens is 254 g/mol. The summed E-state index contributed by atoms with van der Waals surface area (Å²) in [6, 6.07) is 5.95. The van der Waals surface area contributed by atoms with Gasteiger partial charge < -0.3 is 10.6 Å². The van der Waals surface area contributed by atoms with E-state index >= 15 is 0 Å². The van der Waals surface area contributed by atoms with Gasteiger partial charge in [0.1, 0.15) is 5.82 Å². The fourth-order valence-electron chi connectivity index (χ4n) is 3.26. The smallest absolute Gasteiger partial charge is 0.172 e. The molecule has 0 amide bonds. The predicted octanol–water partition coefficient (Wildman–Crippen LogP) is 3.40. The minimum atomic E-state index is 0.272. The quantitative estimate of drug-likeness (QED) is 0.829. The highest BCUT2D eigenvalue weighted by atomic mass is 32.1. The largest absolute Gasteiger partial charge is 0.357 e. The molecule has 0 aliphatic heterocycles. The summed E-state index contributed by atoms with van der Waals surface area (Å²) < 4.78 is 0. The van der Waals surface area contributed by atoms with E-state index in [1.807, 2.05) is 25.1 Å². The molecule has 1 aromatic rings. The SMILES string of the molecule is Cc1cccc(NC(=S)NC2(C3CC3)CCCC2)n1. The number of anilines is 1. The number of hydrogen-bond donors (Lipinski definition) is 2. The third-order valence-electron chi connectivity index (χ3n) is 4.35. The lowest BCUT2D eigenvalue weighted by Gasteiger charge is -2.32. The Bertz CT molecular complexity index is 476. The van der Waals surface area contributed by atoms with Gasteiger partial charge in [-0.3, -0.25) is 0 Å². The van der Waals surface area contributed by atoms with Gasteiger partial charge >= 0.3 is 0 Å². The number of pyridine rings is 1. The Balaban J connectivity index is 1.64. The van der Waals surface area contributed by atoms with E-state index in [1.165, 1.54) is 38.5 Å². The molecule has 3 rings (SSSR count). The van der Waals surface area contributed by atoms with Gasteiger partial charge in [-0.1, -0.05) is 18.9 Å². The molecule has 102 valence electrons. The standard InChI is InChI=1S/C15H21N3S/c1-11-5-4-6-13(16-11)17-14(19)18-15(12-7-8-12)9-2-3-10-15/h4-6,12H,2-3,7-10H2,1H3,(H2,16,17,18,19). The second kappa shape index (κ2) is 5.08. The Labute approximate surface area is 120 Å². The Hall–Kier alpha value is -1.16. The van der Waals surface area contributed by atoms with Crippen LogP contribution in [0.5, 0.6) is 0 Å². The summed E-state index contributed by atoms with van der Waals surface area (Å²) in [5, 5.41) is 7.56. The van der Waals surface area contributed by atoms with Gasteiger partial charge in [-0.05, 0) is 62.9 Å². The molecular formula is C15H21N3S. The predicted molar refractivity (Wildman–Crippen MR) is 82.3 cm³/mol. The molecule has 0 bridgehead atoms. The first-order chi connectivity index (χ1) is 9.18. The second-order valence-corrected chi connectivity index (χ2v) is 6.29. The lowest BCUT2D eigenvalue weighted by molar-refractivity contribution is 0.340. The average molecular weight is 275 g/mol. The van der Waals surface area contributed by atoms with Gasteiger partial charge in [0.2, 0.25) is 0 Å². The summed E-state index contributed by atoms with van der Waals surface area (Å²) in [6.45, 7) is 1.99. The molecule has 0 saturated heterocycles. The average Bonchev–Trinajstić information content (AvgIpc) is 3.12. The molecule has 0 unspecified atom stereocenters. The van der Waals surface area contributed by atoms with Crippen molar-refractivity contribution in [3.05, 3.63) is 23.9 Å². The van der Waals surface area contributed by atoms with Gasteiger partial charge in [-0.2, -0.15) is 0 Å². The number of nitrogens with one attached hydrogen (secondary N) is 2. The molecule has 3 nitrogen and oxygen atoms in total. The lowest BCUT2D eigenvalue weighted by atomic mass is 9.91. The Morgan fingerprint density at radius 1 is 1.32 bits per heavy atom. The summed E-state index contributed by atoms with van der Waals surface area (Å²) in [5.74, 6) is 1.67. The first-order valence-electron chi connectivity index (χ1n) is 7.21. The highest BCUT2D eigenvalue weighted by Crippen LogP contribution is 2.48. The van der Waals surface area contributed by atoms with Crippen molar-refractivity contribution in [2.24, 2.45) is 5.92 Å². The van der Waals surface area contributed by atoms with Gasteiger partial charge in [0.25, 0.3) is 0 Å². The molecule has 2 fully saturated rings. The Morgan fingerprint density at radius 2 is 2.05 bits per heavy atom. The molecule has 0 radical (unpaired) electrons. The first-order valence-corrected chi connectivity index (χ1v) is 7.62.